The van der Waals surface area contributed by atoms with Crippen molar-refractivity contribution in [2.75, 3.05) is 6.61 Å². The van der Waals surface area contributed by atoms with E-state index in [9.17, 15) is 4.79 Å². The highest BCUT2D eigenvalue weighted by molar-refractivity contribution is 7.81. The fraction of sp³-hybridized carbons (Fsp3) is 0.933. The van der Waals surface area contributed by atoms with Gasteiger partial charge in [0.05, 0.1) is 12.0 Å². The van der Waals surface area contributed by atoms with Crippen LogP contribution in [0.2, 0.25) is 0 Å². The van der Waals surface area contributed by atoms with Gasteiger partial charge in [0.15, 0.2) is 0 Å². The molecule has 2 unspecified atom stereocenters. The van der Waals surface area contributed by atoms with E-state index < -0.39 is 5.41 Å². The van der Waals surface area contributed by atoms with E-state index in [-0.39, 0.29) is 16.1 Å². The molecule has 0 rings (SSSR count). The van der Waals surface area contributed by atoms with Crippen LogP contribution < -0.4 is 0 Å². The van der Waals surface area contributed by atoms with Gasteiger partial charge in [-0.1, -0.05) is 34.6 Å². The van der Waals surface area contributed by atoms with Gasteiger partial charge in [-0.25, -0.2) is 0 Å². The molecule has 0 heterocycles. The van der Waals surface area contributed by atoms with Gasteiger partial charge >= 0.3 is 5.97 Å². The van der Waals surface area contributed by atoms with Crippen molar-refractivity contribution in [1.29, 1.82) is 0 Å². The predicted molar refractivity (Wildman–Crippen MR) is 81.1 cm³/mol. The highest BCUT2D eigenvalue weighted by atomic mass is 32.1. The summed E-state index contributed by atoms with van der Waals surface area (Å²) < 4.78 is 5.17. The molecule has 0 amide bonds. The molecule has 0 bridgehead atoms. The Labute approximate surface area is 118 Å². The van der Waals surface area contributed by atoms with E-state index in [1.807, 2.05) is 13.8 Å². The zero-order valence-electron chi connectivity index (χ0n) is 13.1. The van der Waals surface area contributed by atoms with Crippen molar-refractivity contribution in [3.63, 3.8) is 0 Å². The molecule has 0 fully saturated rings. The Morgan fingerprint density at radius 2 is 1.56 bits per heavy atom. The first-order chi connectivity index (χ1) is 8.06. The molecule has 3 heteroatoms. The fourth-order valence-corrected chi connectivity index (χ4v) is 2.47. The summed E-state index contributed by atoms with van der Waals surface area (Å²) in [4.78, 5) is 12.4. The number of rotatable bonds is 7. The van der Waals surface area contributed by atoms with Gasteiger partial charge in [0.1, 0.15) is 0 Å². The summed E-state index contributed by atoms with van der Waals surface area (Å²) in [6.07, 6.45) is 2.61. The third kappa shape index (κ3) is 3.91. The monoisotopic (exact) mass is 274 g/mol. The van der Waals surface area contributed by atoms with Crippen molar-refractivity contribution in [1.82, 2.24) is 0 Å². The van der Waals surface area contributed by atoms with Crippen molar-refractivity contribution < 1.29 is 9.53 Å². The molecule has 0 spiro atoms. The van der Waals surface area contributed by atoms with Crippen molar-refractivity contribution in [3.8, 4) is 0 Å². The van der Waals surface area contributed by atoms with Gasteiger partial charge in [-0.2, -0.15) is 12.6 Å². The molecule has 0 aromatic rings. The fourth-order valence-electron chi connectivity index (χ4n) is 2.15. The summed E-state index contributed by atoms with van der Waals surface area (Å²) >= 11 is 4.71. The van der Waals surface area contributed by atoms with Crippen LogP contribution in [-0.2, 0) is 9.53 Å². The molecule has 0 saturated carbocycles. The molecule has 18 heavy (non-hydrogen) atoms. The average Bonchev–Trinajstić information content (AvgIpc) is 2.28. The van der Waals surface area contributed by atoms with Crippen LogP contribution in [0.4, 0.5) is 0 Å². The largest absolute Gasteiger partial charge is 0.466 e. The third-order valence-electron chi connectivity index (χ3n) is 4.60. The van der Waals surface area contributed by atoms with Crippen LogP contribution in [0.25, 0.3) is 0 Å². The van der Waals surface area contributed by atoms with E-state index in [1.165, 1.54) is 0 Å². The molecule has 2 nitrogen and oxygen atoms in total. The average molecular weight is 274 g/mol. The lowest BCUT2D eigenvalue weighted by Gasteiger charge is -2.45. The lowest BCUT2D eigenvalue weighted by Crippen LogP contribution is -2.46. The zero-order chi connectivity index (χ0) is 14.6. The first-order valence-corrected chi connectivity index (χ1v) is 7.40. The van der Waals surface area contributed by atoms with Gasteiger partial charge in [0.2, 0.25) is 0 Å². The number of hydrogen-bond donors (Lipinski definition) is 1. The Morgan fingerprint density at radius 3 is 1.89 bits per heavy atom. The minimum absolute atomic E-state index is 0.0921. The normalized spacial score (nSPS) is 18.9. The SMILES string of the molecule is CCOC(=O)C(C)(CC(C)(S)CC)C(C)(C)CC. The van der Waals surface area contributed by atoms with Crippen molar-refractivity contribution in [2.24, 2.45) is 10.8 Å². The maximum absolute atomic E-state index is 12.4. The zero-order valence-corrected chi connectivity index (χ0v) is 14.0. The first-order valence-electron chi connectivity index (χ1n) is 6.96. The number of esters is 1. The van der Waals surface area contributed by atoms with Gasteiger partial charge in [-0.15, -0.1) is 0 Å². The quantitative estimate of drug-likeness (QED) is 0.547. The second-order valence-electron chi connectivity index (χ2n) is 6.32. The molecule has 0 aliphatic rings. The van der Waals surface area contributed by atoms with Crippen molar-refractivity contribution in [2.45, 2.75) is 72.5 Å². The molecule has 0 radical (unpaired) electrons. The van der Waals surface area contributed by atoms with Gasteiger partial charge < -0.3 is 4.74 Å². The van der Waals surface area contributed by atoms with E-state index in [0.717, 1.165) is 19.3 Å². The molecule has 0 aromatic heterocycles. The standard InChI is InChI=1S/C15H30O2S/c1-8-13(4,5)15(7,12(16)17-10-3)11-14(6,18)9-2/h18H,8-11H2,1-7H3. The Hall–Kier alpha value is -0.180. The lowest BCUT2D eigenvalue weighted by molar-refractivity contribution is -0.163. The van der Waals surface area contributed by atoms with Crippen LogP contribution >= 0.6 is 12.6 Å². The summed E-state index contributed by atoms with van der Waals surface area (Å²) in [6, 6.07) is 0. The third-order valence-corrected chi connectivity index (χ3v) is 5.07. The second-order valence-corrected chi connectivity index (χ2v) is 7.40. The molecule has 2 atom stereocenters. The smallest absolute Gasteiger partial charge is 0.312 e. The van der Waals surface area contributed by atoms with E-state index in [0.29, 0.717) is 6.61 Å². The van der Waals surface area contributed by atoms with Crippen molar-refractivity contribution >= 4 is 18.6 Å². The summed E-state index contributed by atoms with van der Waals surface area (Å²) in [7, 11) is 0. The van der Waals surface area contributed by atoms with Gasteiger partial charge in [0, 0.05) is 4.75 Å². The molecule has 0 aliphatic heterocycles. The Kier molecular flexibility index (Phi) is 6.25. The van der Waals surface area contributed by atoms with E-state index in [2.05, 4.69) is 34.6 Å². The molecule has 0 aliphatic carbocycles. The molecule has 0 saturated heterocycles. The topological polar surface area (TPSA) is 26.3 Å². The highest BCUT2D eigenvalue weighted by Gasteiger charge is 2.49. The van der Waals surface area contributed by atoms with Crippen LogP contribution in [0.5, 0.6) is 0 Å². The van der Waals surface area contributed by atoms with Gasteiger partial charge in [-0.05, 0) is 38.5 Å². The minimum atomic E-state index is -0.496. The van der Waals surface area contributed by atoms with Gasteiger partial charge in [-0.3, -0.25) is 4.79 Å². The van der Waals surface area contributed by atoms with Crippen LogP contribution in [-0.4, -0.2) is 17.3 Å². The maximum atomic E-state index is 12.4. The number of carbonyl (C=O) groups is 1. The van der Waals surface area contributed by atoms with Crippen LogP contribution in [0, 0.1) is 10.8 Å². The molecular weight excluding hydrogens is 244 g/mol. The maximum Gasteiger partial charge on any atom is 0.312 e. The number of ether oxygens (including phenoxy) is 1. The van der Waals surface area contributed by atoms with Crippen LogP contribution in [0.1, 0.15) is 67.7 Å². The number of thiol groups is 1. The van der Waals surface area contributed by atoms with E-state index in [1.54, 1.807) is 0 Å². The number of hydrogen-bond acceptors (Lipinski definition) is 3. The summed E-state index contributed by atoms with van der Waals surface area (Å²) in [5.74, 6) is -0.0921. The Morgan fingerprint density at radius 1 is 1.06 bits per heavy atom. The predicted octanol–water partition coefficient (Wildman–Crippen LogP) is 4.48. The first kappa shape index (κ1) is 17.8. The molecule has 0 N–H and O–H groups in total. The minimum Gasteiger partial charge on any atom is -0.466 e. The van der Waals surface area contributed by atoms with E-state index in [4.69, 9.17) is 17.4 Å². The summed E-state index contributed by atoms with van der Waals surface area (Å²) in [5, 5.41) is 0. The lowest BCUT2D eigenvalue weighted by atomic mass is 9.61. The molecule has 0 aromatic carbocycles. The molecular formula is C15H30O2S. The summed E-state index contributed by atoms with van der Waals surface area (Å²) in [6.45, 7) is 14.9. The van der Waals surface area contributed by atoms with Gasteiger partial charge in [0.25, 0.3) is 0 Å². The van der Waals surface area contributed by atoms with Crippen LogP contribution in [0.3, 0.4) is 0 Å². The number of carbonyl (C=O) groups excluding carboxylic acids is 1. The highest BCUT2D eigenvalue weighted by Crippen LogP contribution is 2.49. The summed E-state index contributed by atoms with van der Waals surface area (Å²) in [5.41, 5.74) is -0.595. The van der Waals surface area contributed by atoms with E-state index >= 15 is 0 Å². The molecule has 108 valence electrons. The Bertz CT molecular complexity index is 284. The second kappa shape index (κ2) is 6.31. The van der Waals surface area contributed by atoms with Crippen LogP contribution in [0.15, 0.2) is 0 Å². The Balaban J connectivity index is 5.36. The van der Waals surface area contributed by atoms with Crippen molar-refractivity contribution in [3.05, 3.63) is 0 Å².